The van der Waals surface area contributed by atoms with Crippen molar-refractivity contribution in [1.82, 2.24) is 0 Å². The lowest BCUT2D eigenvalue weighted by Crippen LogP contribution is -2.69. The van der Waals surface area contributed by atoms with Crippen molar-refractivity contribution in [2.45, 2.75) is 94.5 Å². The molecule has 4 fully saturated rings. The molecule has 13 atom stereocenters. The Morgan fingerprint density at radius 3 is 2.45 bits per heavy atom. The normalized spacial score (nSPS) is 51.9. The van der Waals surface area contributed by atoms with Gasteiger partial charge in [0.1, 0.15) is 30.5 Å². The van der Waals surface area contributed by atoms with E-state index in [4.69, 9.17) is 9.47 Å². The molecule has 1 heterocycles. The summed E-state index contributed by atoms with van der Waals surface area (Å²) in [4.78, 5) is 37.0. The number of hydrogen-bond donors (Lipinski definition) is 6. The largest absolute Gasteiger partial charge is 0.479 e. The molecule has 6 N–H and O–H groups in total. The van der Waals surface area contributed by atoms with Crippen LogP contribution < -0.4 is 0 Å². The number of carboxylic acid groups (broad SMARTS) is 1. The first-order chi connectivity index (χ1) is 18.5. The number of ketones is 2. The number of carboxylic acids is 1. The van der Waals surface area contributed by atoms with E-state index in [2.05, 4.69) is 0 Å². The summed E-state index contributed by atoms with van der Waals surface area (Å²) in [6.07, 6.45) is -5.93. The van der Waals surface area contributed by atoms with E-state index in [1.165, 1.54) is 18.2 Å². The minimum atomic E-state index is -2.13. The number of rotatable bonds is 5. The molecule has 5 rings (SSSR count). The average Bonchev–Trinajstić information content (AvgIpc) is 3.09. The van der Waals surface area contributed by atoms with Crippen molar-refractivity contribution < 1.29 is 58.9 Å². The van der Waals surface area contributed by atoms with E-state index in [9.17, 15) is 45.0 Å². The topological polar surface area (TPSA) is 191 Å². The number of fused-ring (bicyclic) bond motifs is 5. The summed E-state index contributed by atoms with van der Waals surface area (Å²) in [6, 6.07) is 0. The maximum atomic E-state index is 17.3. The van der Waals surface area contributed by atoms with E-state index < -0.39 is 95.0 Å². The van der Waals surface area contributed by atoms with Gasteiger partial charge in [-0.3, -0.25) is 9.59 Å². The van der Waals surface area contributed by atoms with Gasteiger partial charge in [0.2, 0.25) is 0 Å². The standard InChI is InChI=1S/C28H37FO11/c1-12-8-16-15-5-4-13-9-14(30)6-7-25(13,2)27(15,29)17(31)10-26(16,3)28(12,38)18(32)11-39-24-21(35)19(33)20(34)22(40-24)23(36)37/h6-7,9,12,15-17,19-22,24,31,33-35,38H,4-5,8,10-11H2,1-3H3,(H,36,37)/t12-,15+,16+,17+,19-,20-,21+,22-,24+,25+,26+,27+,28+/m1/s1. The van der Waals surface area contributed by atoms with Crippen LogP contribution in [0.15, 0.2) is 23.8 Å². The molecule has 0 radical (unpaired) electrons. The Hall–Kier alpha value is -2.06. The third-order valence-electron chi connectivity index (χ3n) is 10.8. The zero-order valence-corrected chi connectivity index (χ0v) is 22.6. The fraction of sp³-hybridized carbons (Fsp3) is 0.750. The number of alkyl halides is 1. The molecule has 0 amide bonds. The van der Waals surface area contributed by atoms with Crippen LogP contribution in [-0.4, -0.2) is 103 Å². The first-order valence-electron chi connectivity index (χ1n) is 13.6. The first kappa shape index (κ1) is 29.4. The Kier molecular flexibility index (Phi) is 6.98. The molecule has 0 aromatic carbocycles. The third-order valence-corrected chi connectivity index (χ3v) is 10.8. The number of halogens is 1. The fourth-order valence-electron chi connectivity index (χ4n) is 8.60. The highest BCUT2D eigenvalue weighted by Gasteiger charge is 2.75. The van der Waals surface area contributed by atoms with Crippen molar-refractivity contribution in [3.8, 4) is 0 Å². The molecule has 0 bridgehead atoms. The lowest BCUT2D eigenvalue weighted by Gasteiger charge is -2.62. The first-order valence-corrected chi connectivity index (χ1v) is 13.6. The van der Waals surface area contributed by atoms with Crippen molar-refractivity contribution >= 4 is 17.5 Å². The Bertz CT molecular complexity index is 1170. The van der Waals surface area contributed by atoms with Crippen LogP contribution in [0, 0.1) is 28.6 Å². The molecule has 11 nitrogen and oxygen atoms in total. The van der Waals surface area contributed by atoms with Crippen LogP contribution in [0.1, 0.15) is 46.5 Å². The summed E-state index contributed by atoms with van der Waals surface area (Å²) in [6.45, 7) is 4.16. The lowest BCUT2D eigenvalue weighted by atomic mass is 9.44. The predicted molar refractivity (Wildman–Crippen MR) is 133 cm³/mol. The van der Waals surface area contributed by atoms with Gasteiger partial charge >= 0.3 is 5.97 Å². The number of aliphatic carboxylic acids is 1. The molecule has 0 spiro atoms. The fourth-order valence-corrected chi connectivity index (χ4v) is 8.60. The maximum absolute atomic E-state index is 17.3. The molecular weight excluding hydrogens is 531 g/mol. The minimum absolute atomic E-state index is 0.233. The van der Waals surface area contributed by atoms with E-state index in [1.807, 2.05) is 0 Å². The molecule has 1 saturated heterocycles. The van der Waals surface area contributed by atoms with E-state index in [0.29, 0.717) is 18.4 Å². The maximum Gasteiger partial charge on any atom is 0.335 e. The number of aliphatic hydroxyl groups excluding tert-OH is 4. The molecule has 3 saturated carbocycles. The van der Waals surface area contributed by atoms with Gasteiger partial charge < -0.3 is 40.1 Å². The monoisotopic (exact) mass is 568 g/mol. The Balaban J connectivity index is 1.40. The van der Waals surface area contributed by atoms with Crippen molar-refractivity contribution in [2.24, 2.45) is 28.6 Å². The number of hydrogen-bond acceptors (Lipinski definition) is 10. The van der Waals surface area contributed by atoms with E-state index in [-0.39, 0.29) is 18.6 Å². The van der Waals surface area contributed by atoms with Crippen molar-refractivity contribution in [3.05, 3.63) is 23.8 Å². The smallest absolute Gasteiger partial charge is 0.335 e. The van der Waals surface area contributed by atoms with Gasteiger partial charge in [-0.2, -0.15) is 0 Å². The molecular formula is C28H37FO11. The third kappa shape index (κ3) is 3.70. The molecule has 0 unspecified atom stereocenters. The van der Waals surface area contributed by atoms with Crippen LogP contribution in [0.3, 0.4) is 0 Å². The second-order valence-corrected chi connectivity index (χ2v) is 12.6. The van der Waals surface area contributed by atoms with Gasteiger partial charge in [0.05, 0.1) is 6.10 Å². The van der Waals surface area contributed by atoms with Crippen molar-refractivity contribution in [3.63, 3.8) is 0 Å². The second kappa shape index (κ2) is 9.48. The molecule has 222 valence electrons. The van der Waals surface area contributed by atoms with Crippen LogP contribution in [-0.2, 0) is 23.9 Å². The summed E-state index contributed by atoms with van der Waals surface area (Å²) < 4.78 is 27.7. The summed E-state index contributed by atoms with van der Waals surface area (Å²) >= 11 is 0. The number of aliphatic hydroxyl groups is 5. The van der Waals surface area contributed by atoms with Crippen LogP contribution in [0.2, 0.25) is 0 Å². The molecule has 0 aromatic rings. The molecule has 40 heavy (non-hydrogen) atoms. The van der Waals surface area contributed by atoms with Crippen molar-refractivity contribution in [1.29, 1.82) is 0 Å². The summed E-state index contributed by atoms with van der Waals surface area (Å²) in [5, 5.41) is 62.8. The summed E-state index contributed by atoms with van der Waals surface area (Å²) in [7, 11) is 0. The Morgan fingerprint density at radius 1 is 1.12 bits per heavy atom. The van der Waals surface area contributed by atoms with Crippen LogP contribution in [0.4, 0.5) is 4.39 Å². The molecule has 1 aliphatic heterocycles. The molecule has 0 aromatic heterocycles. The van der Waals surface area contributed by atoms with Crippen LogP contribution in [0.25, 0.3) is 0 Å². The molecule has 4 aliphatic carbocycles. The Labute approximate surface area is 230 Å². The van der Waals surface area contributed by atoms with Gasteiger partial charge in [-0.15, -0.1) is 0 Å². The number of carbonyl (C=O) groups excluding carboxylic acids is 2. The highest BCUT2D eigenvalue weighted by molar-refractivity contribution is 6.01. The number of Topliss-reactive ketones (excluding diaryl/α,β-unsaturated/α-hetero) is 1. The summed E-state index contributed by atoms with van der Waals surface area (Å²) in [5.74, 6) is -4.56. The van der Waals surface area contributed by atoms with Gasteiger partial charge in [-0.25, -0.2) is 9.18 Å². The average molecular weight is 569 g/mol. The second-order valence-electron chi connectivity index (χ2n) is 12.6. The lowest BCUT2D eigenvalue weighted by molar-refractivity contribution is -0.293. The molecule has 12 heteroatoms. The van der Waals surface area contributed by atoms with Crippen LogP contribution in [0.5, 0.6) is 0 Å². The zero-order chi connectivity index (χ0) is 29.6. The number of ether oxygens (including phenoxy) is 2. The molecule has 5 aliphatic rings. The quantitative estimate of drug-likeness (QED) is 0.258. The highest BCUT2D eigenvalue weighted by Crippen LogP contribution is 2.70. The number of allylic oxidation sites excluding steroid dienone is 4. The van der Waals surface area contributed by atoms with E-state index in [1.54, 1.807) is 20.8 Å². The van der Waals surface area contributed by atoms with E-state index in [0.717, 1.165) is 0 Å². The van der Waals surface area contributed by atoms with Crippen LogP contribution >= 0.6 is 0 Å². The van der Waals surface area contributed by atoms with Gasteiger partial charge in [0, 0.05) is 16.7 Å². The van der Waals surface area contributed by atoms with E-state index >= 15 is 4.39 Å². The Morgan fingerprint density at radius 2 is 1.80 bits per heavy atom. The van der Waals surface area contributed by atoms with Gasteiger partial charge in [-0.05, 0) is 56.6 Å². The van der Waals surface area contributed by atoms with Gasteiger partial charge in [-0.1, -0.05) is 25.5 Å². The number of carbonyl (C=O) groups is 3. The SMILES string of the molecule is C[C@@H]1C[C@H]2[C@@H]3CCC4=CC(=O)C=C[C@]4(C)[C@@]3(F)[C@@H](O)C[C@]2(C)[C@@]1(O)C(=O)CO[C@H]1O[C@@H](C(=O)O)[C@H](O)[C@@H](O)[C@@H]1O. The van der Waals surface area contributed by atoms with Gasteiger partial charge in [0.15, 0.2) is 29.6 Å². The summed E-state index contributed by atoms with van der Waals surface area (Å²) in [5.41, 5.74) is -6.07. The highest BCUT2D eigenvalue weighted by atomic mass is 19.1. The predicted octanol–water partition coefficient (Wildman–Crippen LogP) is -0.188. The van der Waals surface area contributed by atoms with Gasteiger partial charge in [0.25, 0.3) is 0 Å². The minimum Gasteiger partial charge on any atom is -0.479 e. The zero-order valence-electron chi connectivity index (χ0n) is 22.6. The van der Waals surface area contributed by atoms with Crippen molar-refractivity contribution in [2.75, 3.05) is 6.61 Å².